The van der Waals surface area contributed by atoms with Gasteiger partial charge in [0.15, 0.2) is 0 Å². The summed E-state index contributed by atoms with van der Waals surface area (Å²) in [6, 6.07) is 14.3. The zero-order valence-electron chi connectivity index (χ0n) is 19.7. The first-order valence-electron chi connectivity index (χ1n) is 11.2. The number of methoxy groups -OCH3 is 3. The van der Waals surface area contributed by atoms with E-state index in [0.717, 1.165) is 43.2 Å². The van der Waals surface area contributed by atoms with E-state index in [-0.39, 0.29) is 6.03 Å². The van der Waals surface area contributed by atoms with Crippen LogP contribution in [0.2, 0.25) is 0 Å². The molecule has 0 radical (unpaired) electrons. The molecule has 2 amide bonds. The van der Waals surface area contributed by atoms with Crippen LogP contribution in [0.3, 0.4) is 0 Å². The molecule has 2 aliphatic heterocycles. The van der Waals surface area contributed by atoms with Gasteiger partial charge in [0.1, 0.15) is 11.5 Å². The van der Waals surface area contributed by atoms with E-state index in [1.807, 2.05) is 36.4 Å². The number of benzene rings is 2. The number of anilines is 1. The van der Waals surface area contributed by atoms with Gasteiger partial charge in [-0.3, -0.25) is 4.90 Å². The fraction of sp³-hybridized carbons (Fsp3) is 0.360. The quantitative estimate of drug-likeness (QED) is 0.605. The van der Waals surface area contributed by atoms with Crippen LogP contribution in [0.1, 0.15) is 11.6 Å². The molecule has 0 bridgehead atoms. The Morgan fingerprint density at radius 3 is 2.32 bits per heavy atom. The third kappa shape index (κ3) is 5.09. The zero-order chi connectivity index (χ0) is 24.1. The molecule has 0 aromatic heterocycles. The third-order valence-corrected chi connectivity index (χ3v) is 6.18. The summed E-state index contributed by atoms with van der Waals surface area (Å²) in [6.07, 6.45) is 0. The smallest absolute Gasteiger partial charge is 0.338 e. The van der Waals surface area contributed by atoms with E-state index in [2.05, 4.69) is 32.6 Å². The minimum Gasteiger partial charge on any atom is -0.497 e. The predicted molar refractivity (Wildman–Crippen MR) is 128 cm³/mol. The molecule has 1 fully saturated rings. The number of amides is 2. The van der Waals surface area contributed by atoms with Crippen molar-refractivity contribution in [2.45, 2.75) is 6.04 Å². The summed E-state index contributed by atoms with van der Waals surface area (Å²) in [5.74, 6) is 0.995. The Bertz CT molecular complexity index is 1060. The Balaban J connectivity index is 1.52. The number of carbonyl (C=O) groups excluding carboxylic acids is 2. The second-order valence-electron chi connectivity index (χ2n) is 8.15. The van der Waals surface area contributed by atoms with Crippen molar-refractivity contribution >= 4 is 17.7 Å². The summed E-state index contributed by atoms with van der Waals surface area (Å²) in [6.45, 7) is 3.68. The fourth-order valence-electron chi connectivity index (χ4n) is 4.35. The number of rotatable bonds is 7. The summed E-state index contributed by atoms with van der Waals surface area (Å²) in [5, 5.41) is 5.69. The van der Waals surface area contributed by atoms with Crippen LogP contribution in [-0.2, 0) is 9.53 Å². The molecule has 2 aromatic rings. The summed E-state index contributed by atoms with van der Waals surface area (Å²) < 4.78 is 15.7. The van der Waals surface area contributed by atoms with Crippen molar-refractivity contribution in [1.82, 2.24) is 15.5 Å². The molecule has 1 atom stereocenters. The van der Waals surface area contributed by atoms with E-state index in [4.69, 9.17) is 14.2 Å². The summed E-state index contributed by atoms with van der Waals surface area (Å²) in [4.78, 5) is 29.9. The predicted octanol–water partition coefficient (Wildman–Crippen LogP) is 2.31. The molecule has 180 valence electrons. The molecule has 2 heterocycles. The van der Waals surface area contributed by atoms with Gasteiger partial charge < -0.3 is 29.7 Å². The van der Waals surface area contributed by atoms with Gasteiger partial charge in [-0.15, -0.1) is 0 Å². The van der Waals surface area contributed by atoms with Crippen molar-refractivity contribution < 1.29 is 23.8 Å². The minimum atomic E-state index is -0.633. The number of hydrogen-bond acceptors (Lipinski definition) is 7. The highest BCUT2D eigenvalue weighted by atomic mass is 16.5. The van der Waals surface area contributed by atoms with Crippen LogP contribution in [0.4, 0.5) is 10.5 Å². The Hall–Kier alpha value is -3.72. The molecule has 9 nitrogen and oxygen atoms in total. The lowest BCUT2D eigenvalue weighted by atomic mass is 9.94. The minimum absolute atomic E-state index is 0.354. The number of urea groups is 1. The standard InChI is InChI=1S/C25H30N4O5/c1-32-19-9-7-18(8-10-19)29-13-11-28(12-14-29)16-21-22(24(30)34-3)23(27-25(31)26-21)17-5-4-6-20(15-17)33-2/h4-10,15,23H,11-14,16H2,1-3H3,(H2,26,27,31)/t23-/m1/s1. The van der Waals surface area contributed by atoms with Crippen molar-refractivity contribution in [2.75, 3.05) is 59.0 Å². The third-order valence-electron chi connectivity index (χ3n) is 6.18. The summed E-state index contributed by atoms with van der Waals surface area (Å²) in [7, 11) is 4.58. The van der Waals surface area contributed by atoms with Crippen LogP contribution in [0.5, 0.6) is 11.5 Å². The molecular weight excluding hydrogens is 436 g/mol. The topological polar surface area (TPSA) is 92.4 Å². The first kappa shape index (κ1) is 23.4. The van der Waals surface area contributed by atoms with Gasteiger partial charge in [0.2, 0.25) is 0 Å². The maximum atomic E-state index is 12.8. The van der Waals surface area contributed by atoms with Crippen LogP contribution >= 0.6 is 0 Å². The number of nitrogens with zero attached hydrogens (tertiary/aromatic N) is 2. The zero-order valence-corrected chi connectivity index (χ0v) is 19.7. The lowest BCUT2D eigenvalue weighted by Gasteiger charge is -2.38. The van der Waals surface area contributed by atoms with Crippen molar-refractivity contribution in [3.63, 3.8) is 0 Å². The number of ether oxygens (including phenoxy) is 3. The van der Waals surface area contributed by atoms with E-state index in [9.17, 15) is 9.59 Å². The normalized spacial score (nSPS) is 18.7. The fourth-order valence-corrected chi connectivity index (χ4v) is 4.35. The average molecular weight is 467 g/mol. The van der Waals surface area contributed by atoms with Gasteiger partial charge in [0, 0.05) is 44.1 Å². The molecule has 0 spiro atoms. The van der Waals surface area contributed by atoms with Crippen LogP contribution in [0.15, 0.2) is 59.8 Å². The summed E-state index contributed by atoms with van der Waals surface area (Å²) in [5.41, 5.74) is 2.84. The van der Waals surface area contributed by atoms with Gasteiger partial charge in [-0.25, -0.2) is 9.59 Å². The average Bonchev–Trinajstić information content (AvgIpc) is 2.88. The molecule has 0 saturated carbocycles. The van der Waals surface area contributed by atoms with E-state index in [0.29, 0.717) is 23.6 Å². The molecule has 0 unspecified atom stereocenters. The lowest BCUT2D eigenvalue weighted by molar-refractivity contribution is -0.136. The van der Waals surface area contributed by atoms with Crippen LogP contribution in [0, 0.1) is 0 Å². The first-order valence-corrected chi connectivity index (χ1v) is 11.2. The molecule has 2 aromatic carbocycles. The lowest BCUT2D eigenvalue weighted by Crippen LogP contribution is -2.51. The second kappa shape index (κ2) is 10.5. The number of carbonyl (C=O) groups is 2. The molecular formula is C25H30N4O5. The van der Waals surface area contributed by atoms with Gasteiger partial charge >= 0.3 is 12.0 Å². The van der Waals surface area contributed by atoms with Gasteiger partial charge in [-0.05, 0) is 42.0 Å². The number of piperazine rings is 1. The second-order valence-corrected chi connectivity index (χ2v) is 8.15. The molecule has 0 aliphatic carbocycles. The Kier molecular flexibility index (Phi) is 7.22. The van der Waals surface area contributed by atoms with Crippen molar-refractivity contribution in [3.05, 3.63) is 65.4 Å². The SMILES string of the molecule is COC(=O)C1=C(CN2CCN(c3ccc(OC)cc3)CC2)NC(=O)N[C@@H]1c1cccc(OC)c1. The molecule has 9 heteroatoms. The van der Waals surface area contributed by atoms with Gasteiger partial charge in [-0.1, -0.05) is 12.1 Å². The molecule has 4 rings (SSSR count). The number of nitrogens with one attached hydrogen (secondary N) is 2. The largest absolute Gasteiger partial charge is 0.497 e. The number of esters is 1. The van der Waals surface area contributed by atoms with Crippen LogP contribution in [-0.4, -0.2) is 71.0 Å². The van der Waals surface area contributed by atoms with Crippen molar-refractivity contribution in [3.8, 4) is 11.5 Å². The van der Waals surface area contributed by atoms with Crippen LogP contribution in [0.25, 0.3) is 0 Å². The highest BCUT2D eigenvalue weighted by molar-refractivity contribution is 5.95. The Morgan fingerprint density at radius 2 is 1.68 bits per heavy atom. The first-order chi connectivity index (χ1) is 16.5. The van der Waals surface area contributed by atoms with E-state index in [1.54, 1.807) is 14.2 Å². The highest BCUT2D eigenvalue weighted by Gasteiger charge is 2.34. The molecule has 34 heavy (non-hydrogen) atoms. The van der Waals surface area contributed by atoms with Crippen LogP contribution < -0.4 is 25.0 Å². The van der Waals surface area contributed by atoms with Gasteiger partial charge in [-0.2, -0.15) is 0 Å². The van der Waals surface area contributed by atoms with Crippen molar-refractivity contribution in [2.24, 2.45) is 0 Å². The van der Waals surface area contributed by atoms with E-state index >= 15 is 0 Å². The number of hydrogen-bond donors (Lipinski definition) is 2. The highest BCUT2D eigenvalue weighted by Crippen LogP contribution is 2.30. The van der Waals surface area contributed by atoms with Crippen molar-refractivity contribution in [1.29, 1.82) is 0 Å². The van der Waals surface area contributed by atoms with Gasteiger partial charge in [0.25, 0.3) is 0 Å². The monoisotopic (exact) mass is 466 g/mol. The Labute approximate surface area is 199 Å². The van der Waals surface area contributed by atoms with E-state index in [1.165, 1.54) is 7.11 Å². The van der Waals surface area contributed by atoms with E-state index < -0.39 is 12.0 Å². The summed E-state index contributed by atoms with van der Waals surface area (Å²) >= 11 is 0. The molecule has 2 N–H and O–H groups in total. The molecule has 2 aliphatic rings. The van der Waals surface area contributed by atoms with Gasteiger partial charge in [0.05, 0.1) is 32.9 Å². The molecule has 1 saturated heterocycles. The maximum absolute atomic E-state index is 12.8. The Morgan fingerprint density at radius 1 is 0.971 bits per heavy atom. The maximum Gasteiger partial charge on any atom is 0.338 e.